The van der Waals surface area contributed by atoms with Crippen molar-refractivity contribution < 1.29 is 4.79 Å². The van der Waals surface area contributed by atoms with Gasteiger partial charge in [0.15, 0.2) is 0 Å². The predicted molar refractivity (Wildman–Crippen MR) is 74.0 cm³/mol. The van der Waals surface area contributed by atoms with Gasteiger partial charge in [-0.2, -0.15) is 5.10 Å². The van der Waals surface area contributed by atoms with Crippen LogP contribution in [0.5, 0.6) is 0 Å². The van der Waals surface area contributed by atoms with Crippen LogP contribution in [-0.4, -0.2) is 31.3 Å². The van der Waals surface area contributed by atoms with Crippen molar-refractivity contribution in [1.29, 1.82) is 0 Å². The zero-order chi connectivity index (χ0) is 13.9. The third-order valence-electron chi connectivity index (χ3n) is 3.70. The van der Waals surface area contributed by atoms with Crippen molar-refractivity contribution in [3.63, 3.8) is 0 Å². The lowest BCUT2D eigenvalue weighted by Crippen LogP contribution is -2.40. The van der Waals surface area contributed by atoms with Crippen LogP contribution in [0.4, 0.5) is 0 Å². The summed E-state index contributed by atoms with van der Waals surface area (Å²) in [6.07, 6.45) is 10.7. The number of nitrogens with zero attached hydrogens (tertiary/aromatic N) is 4. The Hall–Kier alpha value is -2.11. The van der Waals surface area contributed by atoms with Crippen molar-refractivity contribution in [3.05, 3.63) is 36.2 Å². The maximum Gasteiger partial charge on any atom is 0.220 e. The smallest absolute Gasteiger partial charge is 0.220 e. The molecule has 1 amide bonds. The molecule has 0 spiro atoms. The van der Waals surface area contributed by atoms with Crippen LogP contribution in [0.3, 0.4) is 0 Å². The summed E-state index contributed by atoms with van der Waals surface area (Å²) in [5.74, 6) is 1.23. The van der Waals surface area contributed by atoms with Gasteiger partial charge in [-0.3, -0.25) is 9.48 Å². The largest absolute Gasteiger partial charge is 0.352 e. The Morgan fingerprint density at radius 1 is 1.55 bits per heavy atom. The van der Waals surface area contributed by atoms with Gasteiger partial charge in [0.2, 0.25) is 5.91 Å². The molecule has 1 aliphatic heterocycles. The van der Waals surface area contributed by atoms with Crippen LogP contribution in [0.1, 0.15) is 24.2 Å². The Morgan fingerprint density at radius 3 is 3.25 bits per heavy atom. The third-order valence-corrected chi connectivity index (χ3v) is 3.70. The number of aryl methyl sites for hydroxylation is 3. The van der Waals surface area contributed by atoms with Crippen molar-refractivity contribution in [2.45, 2.75) is 38.3 Å². The van der Waals surface area contributed by atoms with Gasteiger partial charge in [0.1, 0.15) is 5.82 Å². The molecule has 1 aliphatic rings. The van der Waals surface area contributed by atoms with Crippen molar-refractivity contribution in [2.75, 3.05) is 0 Å². The molecule has 2 aromatic heterocycles. The highest BCUT2D eigenvalue weighted by molar-refractivity contribution is 5.76. The van der Waals surface area contributed by atoms with Crippen LogP contribution in [0.15, 0.2) is 24.8 Å². The summed E-state index contributed by atoms with van der Waals surface area (Å²) >= 11 is 0. The van der Waals surface area contributed by atoms with Gasteiger partial charge >= 0.3 is 0 Å². The normalized spacial score (nSPS) is 17.8. The van der Waals surface area contributed by atoms with Gasteiger partial charge < -0.3 is 9.88 Å². The Kier molecular flexibility index (Phi) is 3.54. The molecule has 20 heavy (non-hydrogen) atoms. The number of carbonyl (C=O) groups excluding carboxylic acids is 1. The number of hydrogen-bond acceptors (Lipinski definition) is 3. The number of imidazole rings is 1. The lowest BCUT2D eigenvalue weighted by Gasteiger charge is -2.24. The standard InChI is InChI=1S/C14H19N5O/c1-18-9-11(8-16-18)2-5-14(20)17-12-3-4-13-15-6-7-19(13)10-12/h6-9,12H,2-5,10H2,1H3,(H,17,20)/t12-/m0/s1. The number of aromatic nitrogens is 4. The molecule has 0 fully saturated rings. The zero-order valence-corrected chi connectivity index (χ0v) is 11.6. The molecule has 6 nitrogen and oxygen atoms in total. The van der Waals surface area contributed by atoms with E-state index in [0.29, 0.717) is 6.42 Å². The maximum absolute atomic E-state index is 12.0. The number of hydrogen-bond donors (Lipinski definition) is 1. The third kappa shape index (κ3) is 2.89. The molecule has 2 aromatic rings. The van der Waals surface area contributed by atoms with Gasteiger partial charge in [-0.15, -0.1) is 0 Å². The van der Waals surface area contributed by atoms with Crippen LogP contribution in [0, 0.1) is 0 Å². The van der Waals surface area contributed by atoms with E-state index in [4.69, 9.17) is 0 Å². The second-order valence-corrected chi connectivity index (χ2v) is 5.32. The van der Waals surface area contributed by atoms with Crippen LogP contribution < -0.4 is 5.32 Å². The fourth-order valence-corrected chi connectivity index (χ4v) is 2.64. The SMILES string of the molecule is Cn1cc(CCC(=O)N[C@H]2CCc3nccn3C2)cn1. The second-order valence-electron chi connectivity index (χ2n) is 5.32. The minimum atomic E-state index is 0.113. The predicted octanol–water partition coefficient (Wildman–Crippen LogP) is 0.680. The Balaban J connectivity index is 1.47. The fraction of sp³-hybridized carbons (Fsp3) is 0.500. The monoisotopic (exact) mass is 273 g/mol. The molecule has 0 saturated carbocycles. The van der Waals surface area contributed by atoms with E-state index >= 15 is 0 Å². The minimum absolute atomic E-state index is 0.113. The molecule has 1 N–H and O–H groups in total. The minimum Gasteiger partial charge on any atom is -0.352 e. The Bertz CT molecular complexity index is 600. The van der Waals surface area contributed by atoms with Gasteiger partial charge in [-0.25, -0.2) is 4.98 Å². The molecule has 0 aromatic carbocycles. The first-order chi connectivity index (χ1) is 9.70. The Morgan fingerprint density at radius 2 is 2.45 bits per heavy atom. The molecule has 0 saturated heterocycles. The van der Waals surface area contributed by atoms with Gasteiger partial charge in [0.25, 0.3) is 0 Å². The molecular weight excluding hydrogens is 254 g/mol. The summed E-state index contributed by atoms with van der Waals surface area (Å²) in [4.78, 5) is 16.3. The number of rotatable bonds is 4. The molecule has 3 rings (SSSR count). The fourth-order valence-electron chi connectivity index (χ4n) is 2.64. The molecule has 0 bridgehead atoms. The van der Waals surface area contributed by atoms with Crippen LogP contribution in [-0.2, 0) is 31.2 Å². The van der Waals surface area contributed by atoms with Gasteiger partial charge in [0, 0.05) is 51.1 Å². The molecule has 6 heteroatoms. The van der Waals surface area contributed by atoms with Crippen LogP contribution in [0.2, 0.25) is 0 Å². The van der Waals surface area contributed by atoms with E-state index in [1.807, 2.05) is 31.8 Å². The molecule has 0 unspecified atom stereocenters. The molecule has 3 heterocycles. The summed E-state index contributed by atoms with van der Waals surface area (Å²) in [5.41, 5.74) is 1.10. The molecule has 106 valence electrons. The van der Waals surface area contributed by atoms with Crippen molar-refractivity contribution in [2.24, 2.45) is 7.05 Å². The lowest BCUT2D eigenvalue weighted by atomic mass is 10.1. The second kappa shape index (κ2) is 5.48. The van der Waals surface area contributed by atoms with Crippen molar-refractivity contribution >= 4 is 5.91 Å². The van der Waals surface area contributed by atoms with E-state index in [1.165, 1.54) is 0 Å². The van der Waals surface area contributed by atoms with Crippen molar-refractivity contribution in [1.82, 2.24) is 24.6 Å². The highest BCUT2D eigenvalue weighted by Gasteiger charge is 2.20. The topological polar surface area (TPSA) is 64.7 Å². The average Bonchev–Trinajstić information content (AvgIpc) is 3.04. The average molecular weight is 273 g/mol. The first-order valence-electron chi connectivity index (χ1n) is 6.97. The summed E-state index contributed by atoms with van der Waals surface area (Å²) < 4.78 is 3.88. The lowest BCUT2D eigenvalue weighted by molar-refractivity contribution is -0.122. The van der Waals surface area contributed by atoms with E-state index in [1.54, 1.807) is 4.68 Å². The number of nitrogens with one attached hydrogen (secondary N) is 1. The highest BCUT2D eigenvalue weighted by atomic mass is 16.1. The van der Waals surface area contributed by atoms with E-state index in [9.17, 15) is 4.79 Å². The van der Waals surface area contributed by atoms with Crippen LogP contribution >= 0.6 is 0 Å². The summed E-state index contributed by atoms with van der Waals surface area (Å²) in [6, 6.07) is 0.220. The van der Waals surface area contributed by atoms with Gasteiger partial charge in [-0.1, -0.05) is 0 Å². The first-order valence-corrected chi connectivity index (χ1v) is 6.97. The number of carbonyl (C=O) groups is 1. The summed E-state index contributed by atoms with van der Waals surface area (Å²) in [5, 5.41) is 7.22. The highest BCUT2D eigenvalue weighted by Crippen LogP contribution is 2.13. The van der Waals surface area contributed by atoms with E-state index in [-0.39, 0.29) is 11.9 Å². The van der Waals surface area contributed by atoms with Gasteiger partial charge in [-0.05, 0) is 18.4 Å². The maximum atomic E-state index is 12.0. The van der Waals surface area contributed by atoms with E-state index in [2.05, 4.69) is 20.0 Å². The van der Waals surface area contributed by atoms with E-state index in [0.717, 1.165) is 37.2 Å². The van der Waals surface area contributed by atoms with Crippen LogP contribution in [0.25, 0.3) is 0 Å². The molecule has 0 aliphatic carbocycles. The summed E-state index contributed by atoms with van der Waals surface area (Å²) in [6.45, 7) is 0.827. The molecule has 1 atom stereocenters. The summed E-state index contributed by atoms with van der Waals surface area (Å²) in [7, 11) is 1.88. The number of fused-ring (bicyclic) bond motifs is 1. The number of amides is 1. The molecule has 0 radical (unpaired) electrons. The van der Waals surface area contributed by atoms with Gasteiger partial charge in [0.05, 0.1) is 6.20 Å². The first kappa shape index (κ1) is 12.9. The van der Waals surface area contributed by atoms with Crippen molar-refractivity contribution in [3.8, 4) is 0 Å². The van der Waals surface area contributed by atoms with E-state index < -0.39 is 0 Å². The molecular formula is C14H19N5O. The Labute approximate surface area is 117 Å². The quantitative estimate of drug-likeness (QED) is 0.891. The zero-order valence-electron chi connectivity index (χ0n) is 11.6.